The van der Waals surface area contributed by atoms with Crippen LogP contribution in [0, 0.1) is 0 Å². The summed E-state index contributed by atoms with van der Waals surface area (Å²) in [6.45, 7) is 3.63. The zero-order chi connectivity index (χ0) is 15.9. The lowest BCUT2D eigenvalue weighted by Crippen LogP contribution is -2.45. The molecule has 0 radical (unpaired) electrons. The molecule has 0 aromatic heterocycles. The third-order valence-corrected chi connectivity index (χ3v) is 3.85. The van der Waals surface area contributed by atoms with Gasteiger partial charge in [0.15, 0.2) is 0 Å². The van der Waals surface area contributed by atoms with E-state index in [0.29, 0.717) is 11.4 Å². The topological polar surface area (TPSA) is 78.4 Å². The molecule has 1 atom stereocenters. The Morgan fingerprint density at radius 1 is 1.29 bits per heavy atom. The van der Waals surface area contributed by atoms with Gasteiger partial charge in [-0.3, -0.25) is 9.59 Å². The first kappa shape index (κ1) is 17.5. The van der Waals surface area contributed by atoms with Gasteiger partial charge in [-0.05, 0) is 31.2 Å². The zero-order valence-corrected chi connectivity index (χ0v) is 13.4. The Balaban J connectivity index is 2.57. The molecule has 0 saturated heterocycles. The first-order valence-electron chi connectivity index (χ1n) is 6.78. The van der Waals surface area contributed by atoms with Crippen LogP contribution in [-0.4, -0.2) is 41.1 Å². The lowest BCUT2D eigenvalue weighted by molar-refractivity contribution is -0.136. The number of hydrogen-bond donors (Lipinski definition) is 3. The van der Waals surface area contributed by atoms with E-state index in [4.69, 9.17) is 0 Å². The highest BCUT2D eigenvalue weighted by molar-refractivity contribution is 7.98. The van der Waals surface area contributed by atoms with E-state index >= 15 is 0 Å². The SMILES string of the molecule is CCc1ccccc1NC(=O)C(=O)NC[C@@](C)(O)CSC. The summed E-state index contributed by atoms with van der Waals surface area (Å²) in [6, 6.07) is 7.34. The van der Waals surface area contributed by atoms with Crippen molar-refractivity contribution in [3.8, 4) is 0 Å². The van der Waals surface area contributed by atoms with Crippen LogP contribution in [0.4, 0.5) is 5.69 Å². The molecule has 0 saturated carbocycles. The molecule has 5 nitrogen and oxygen atoms in total. The smallest absolute Gasteiger partial charge is 0.313 e. The lowest BCUT2D eigenvalue weighted by Gasteiger charge is -2.22. The van der Waals surface area contributed by atoms with Crippen molar-refractivity contribution in [3.05, 3.63) is 29.8 Å². The second kappa shape index (κ2) is 8.05. The van der Waals surface area contributed by atoms with E-state index in [0.717, 1.165) is 12.0 Å². The van der Waals surface area contributed by atoms with Crippen molar-refractivity contribution >= 4 is 29.3 Å². The first-order chi connectivity index (χ1) is 9.89. The molecule has 1 aromatic carbocycles. The molecule has 1 aromatic rings. The number of thioether (sulfide) groups is 1. The van der Waals surface area contributed by atoms with Gasteiger partial charge in [0.2, 0.25) is 0 Å². The van der Waals surface area contributed by atoms with Crippen molar-refractivity contribution in [1.29, 1.82) is 0 Å². The fraction of sp³-hybridized carbons (Fsp3) is 0.467. The zero-order valence-electron chi connectivity index (χ0n) is 12.6. The Hall–Kier alpha value is -1.53. The maximum Gasteiger partial charge on any atom is 0.313 e. The molecule has 0 heterocycles. The van der Waals surface area contributed by atoms with Gasteiger partial charge in [0, 0.05) is 18.0 Å². The molecule has 1 rings (SSSR count). The van der Waals surface area contributed by atoms with Crippen LogP contribution in [0.25, 0.3) is 0 Å². The number of nitrogens with one attached hydrogen (secondary N) is 2. The minimum Gasteiger partial charge on any atom is -0.387 e. The lowest BCUT2D eigenvalue weighted by atomic mass is 10.1. The van der Waals surface area contributed by atoms with Crippen LogP contribution in [0.5, 0.6) is 0 Å². The average molecular weight is 310 g/mol. The maximum absolute atomic E-state index is 11.8. The van der Waals surface area contributed by atoms with Crippen molar-refractivity contribution in [1.82, 2.24) is 5.32 Å². The second-order valence-electron chi connectivity index (χ2n) is 5.08. The van der Waals surface area contributed by atoms with Gasteiger partial charge in [-0.1, -0.05) is 25.1 Å². The van der Waals surface area contributed by atoms with Gasteiger partial charge in [0.25, 0.3) is 0 Å². The van der Waals surface area contributed by atoms with Crippen molar-refractivity contribution in [2.24, 2.45) is 0 Å². The summed E-state index contributed by atoms with van der Waals surface area (Å²) in [5.74, 6) is -0.994. The molecule has 3 N–H and O–H groups in total. The Kier molecular flexibility index (Phi) is 6.71. The van der Waals surface area contributed by atoms with Crippen LogP contribution in [0.1, 0.15) is 19.4 Å². The number of amides is 2. The van der Waals surface area contributed by atoms with E-state index in [1.165, 1.54) is 11.8 Å². The standard InChI is InChI=1S/C15H22N2O3S/c1-4-11-7-5-6-8-12(11)17-14(19)13(18)16-9-15(2,20)10-21-3/h5-8,20H,4,9-10H2,1-3H3,(H,16,18)(H,17,19)/t15-/m1/s1. The minimum atomic E-state index is -1.03. The summed E-state index contributed by atoms with van der Waals surface area (Å²) in [7, 11) is 0. The maximum atomic E-state index is 11.8. The average Bonchev–Trinajstić information content (AvgIpc) is 2.45. The van der Waals surface area contributed by atoms with Crippen LogP contribution in [0.3, 0.4) is 0 Å². The predicted molar refractivity (Wildman–Crippen MR) is 86.5 cm³/mol. The summed E-state index contributed by atoms with van der Waals surface area (Å²) in [4.78, 5) is 23.6. The van der Waals surface area contributed by atoms with Gasteiger partial charge in [-0.25, -0.2) is 0 Å². The summed E-state index contributed by atoms with van der Waals surface area (Å²) >= 11 is 1.47. The molecule has 0 spiro atoms. The van der Waals surface area contributed by atoms with Crippen molar-refractivity contribution in [2.75, 3.05) is 23.9 Å². The Morgan fingerprint density at radius 3 is 2.57 bits per heavy atom. The second-order valence-corrected chi connectivity index (χ2v) is 5.94. The summed E-state index contributed by atoms with van der Waals surface area (Å²) in [5.41, 5.74) is 0.570. The molecule has 0 aliphatic carbocycles. The van der Waals surface area contributed by atoms with Crippen molar-refractivity contribution in [2.45, 2.75) is 25.9 Å². The summed E-state index contributed by atoms with van der Waals surface area (Å²) < 4.78 is 0. The van der Waals surface area contributed by atoms with E-state index in [9.17, 15) is 14.7 Å². The summed E-state index contributed by atoms with van der Waals surface area (Å²) in [6.07, 6.45) is 2.63. The van der Waals surface area contributed by atoms with E-state index in [1.807, 2.05) is 25.3 Å². The highest BCUT2D eigenvalue weighted by Crippen LogP contribution is 2.15. The number of aryl methyl sites for hydroxylation is 1. The molecule has 21 heavy (non-hydrogen) atoms. The molecular weight excluding hydrogens is 288 g/mol. The number of aliphatic hydroxyl groups is 1. The largest absolute Gasteiger partial charge is 0.387 e. The monoisotopic (exact) mass is 310 g/mol. The van der Waals surface area contributed by atoms with Crippen LogP contribution in [-0.2, 0) is 16.0 Å². The normalized spacial score (nSPS) is 13.3. The fourth-order valence-corrected chi connectivity index (χ4v) is 2.57. The molecule has 0 bridgehead atoms. The Bertz CT molecular complexity index is 503. The van der Waals surface area contributed by atoms with E-state index in [2.05, 4.69) is 10.6 Å². The molecule has 0 unspecified atom stereocenters. The third-order valence-electron chi connectivity index (χ3n) is 2.94. The van der Waals surface area contributed by atoms with Gasteiger partial charge in [0.05, 0.1) is 5.60 Å². The number of benzene rings is 1. The number of anilines is 1. The molecule has 0 fully saturated rings. The van der Waals surface area contributed by atoms with Crippen molar-refractivity contribution < 1.29 is 14.7 Å². The third kappa shape index (κ3) is 5.77. The highest BCUT2D eigenvalue weighted by Gasteiger charge is 2.23. The molecule has 0 aliphatic rings. The predicted octanol–water partition coefficient (Wildman–Crippen LogP) is 1.42. The van der Waals surface area contributed by atoms with Gasteiger partial charge < -0.3 is 15.7 Å². The number of carbonyl (C=O) groups is 2. The number of para-hydroxylation sites is 1. The molecular formula is C15H22N2O3S. The Morgan fingerprint density at radius 2 is 1.95 bits per heavy atom. The van der Waals surface area contributed by atoms with Crippen LogP contribution >= 0.6 is 11.8 Å². The van der Waals surface area contributed by atoms with Crippen LogP contribution in [0.2, 0.25) is 0 Å². The van der Waals surface area contributed by atoms with Gasteiger partial charge >= 0.3 is 11.8 Å². The van der Waals surface area contributed by atoms with E-state index in [-0.39, 0.29) is 6.54 Å². The van der Waals surface area contributed by atoms with Crippen LogP contribution < -0.4 is 10.6 Å². The van der Waals surface area contributed by atoms with Gasteiger partial charge in [-0.15, -0.1) is 0 Å². The van der Waals surface area contributed by atoms with Crippen molar-refractivity contribution in [3.63, 3.8) is 0 Å². The highest BCUT2D eigenvalue weighted by atomic mass is 32.2. The Labute approximate surface area is 129 Å². The molecule has 0 aliphatic heterocycles. The fourth-order valence-electron chi connectivity index (χ4n) is 1.84. The van der Waals surface area contributed by atoms with Gasteiger partial charge in [-0.2, -0.15) is 11.8 Å². The molecule has 6 heteroatoms. The van der Waals surface area contributed by atoms with Crippen LogP contribution in [0.15, 0.2) is 24.3 Å². The molecule has 116 valence electrons. The first-order valence-corrected chi connectivity index (χ1v) is 8.17. The van der Waals surface area contributed by atoms with E-state index < -0.39 is 17.4 Å². The molecule has 2 amide bonds. The number of carbonyl (C=O) groups excluding carboxylic acids is 2. The van der Waals surface area contributed by atoms with E-state index in [1.54, 1.807) is 19.1 Å². The quantitative estimate of drug-likeness (QED) is 0.694. The van der Waals surface area contributed by atoms with Gasteiger partial charge in [0.1, 0.15) is 0 Å². The number of rotatable bonds is 6. The minimum absolute atomic E-state index is 0.0372. The summed E-state index contributed by atoms with van der Waals surface area (Å²) in [5, 5.41) is 15.0. The number of hydrogen-bond acceptors (Lipinski definition) is 4.